The summed E-state index contributed by atoms with van der Waals surface area (Å²) in [7, 11) is 1.23. The number of hydrogen-bond acceptors (Lipinski definition) is 6. The summed E-state index contributed by atoms with van der Waals surface area (Å²) >= 11 is 0. The second kappa shape index (κ2) is 64.9. The summed E-state index contributed by atoms with van der Waals surface area (Å²) in [6.45, 7) is 4.54. The lowest BCUT2D eigenvalue weighted by atomic mass is 10.0. The van der Waals surface area contributed by atoms with E-state index in [1.807, 2.05) is 27.2 Å². The minimum atomic E-state index is -4.62. The van der Waals surface area contributed by atoms with Crippen molar-refractivity contribution in [2.75, 3.05) is 40.9 Å². The van der Waals surface area contributed by atoms with Gasteiger partial charge >= 0.3 is 0 Å². The molecule has 0 aromatic heterocycles. The number of phosphoric ester groups is 1. The van der Waals surface area contributed by atoms with E-state index in [1.165, 1.54) is 225 Å². The molecule has 0 radical (unpaired) electrons. The van der Waals surface area contributed by atoms with Crippen molar-refractivity contribution in [1.29, 1.82) is 0 Å². The van der Waals surface area contributed by atoms with Gasteiger partial charge < -0.3 is 28.8 Å². The number of likely N-dealkylation sites (N-methyl/N-ethyl adjacent to an activating group) is 1. The van der Waals surface area contributed by atoms with Gasteiger partial charge in [-0.25, -0.2) is 0 Å². The molecule has 2 N–H and O–H groups in total. The zero-order valence-electron chi connectivity index (χ0n) is 55.8. The number of carbonyl (C=O) groups is 1. The van der Waals surface area contributed by atoms with Crippen LogP contribution in [-0.2, 0) is 18.4 Å². The smallest absolute Gasteiger partial charge is 0.268 e. The van der Waals surface area contributed by atoms with Gasteiger partial charge in [0.25, 0.3) is 7.82 Å². The Morgan fingerprint density at radius 3 is 1.11 bits per heavy atom. The van der Waals surface area contributed by atoms with E-state index in [1.54, 1.807) is 6.08 Å². The molecule has 488 valence electrons. The van der Waals surface area contributed by atoms with Crippen molar-refractivity contribution in [3.8, 4) is 0 Å². The monoisotopic (exact) mass is 1190 g/mol. The highest BCUT2D eigenvalue weighted by Crippen LogP contribution is 2.38. The van der Waals surface area contributed by atoms with Crippen molar-refractivity contribution in [3.63, 3.8) is 0 Å². The molecule has 0 aliphatic heterocycles. The van der Waals surface area contributed by atoms with E-state index in [2.05, 4.69) is 104 Å². The van der Waals surface area contributed by atoms with E-state index in [-0.39, 0.29) is 12.5 Å². The number of carbonyl (C=O) groups excluding carboxylic acids is 1. The Hall–Kier alpha value is -2.58. The lowest BCUT2D eigenvalue weighted by Crippen LogP contribution is -2.45. The van der Waals surface area contributed by atoms with Gasteiger partial charge in [-0.05, 0) is 89.9 Å². The molecule has 0 aromatic carbocycles. The molecule has 9 heteroatoms. The molecule has 3 atom stereocenters. The average Bonchev–Trinajstić information content (AvgIpc) is 3.56. The molecule has 0 bridgehead atoms. The Kier molecular flexibility index (Phi) is 62.9. The Bertz CT molecular complexity index is 1690. The van der Waals surface area contributed by atoms with Gasteiger partial charge in [-0.3, -0.25) is 9.36 Å². The average molecular weight is 1190 g/mol. The first-order valence-electron chi connectivity index (χ1n) is 35.6. The first-order valence-corrected chi connectivity index (χ1v) is 37.1. The minimum absolute atomic E-state index is 0.0120. The minimum Gasteiger partial charge on any atom is -0.756 e. The Labute approximate surface area is 521 Å². The fraction of sp³-hybridized carbons (Fsp3) is 0.773. The van der Waals surface area contributed by atoms with E-state index in [0.29, 0.717) is 17.4 Å². The Morgan fingerprint density at radius 2 is 0.738 bits per heavy atom. The molecule has 0 rings (SSSR count). The summed E-state index contributed by atoms with van der Waals surface area (Å²) in [5.41, 5.74) is 0. The summed E-state index contributed by atoms with van der Waals surface area (Å²) in [6.07, 6.45) is 94.0. The van der Waals surface area contributed by atoms with Crippen molar-refractivity contribution >= 4 is 13.7 Å². The maximum Gasteiger partial charge on any atom is 0.268 e. The van der Waals surface area contributed by atoms with Crippen LogP contribution < -0.4 is 10.2 Å². The quantitative estimate of drug-likeness (QED) is 0.0272. The first-order chi connectivity index (χ1) is 41.0. The van der Waals surface area contributed by atoms with Crippen LogP contribution in [0.5, 0.6) is 0 Å². The summed E-state index contributed by atoms with van der Waals surface area (Å²) in [6, 6.07) is -0.917. The Balaban J connectivity index is 4.13. The zero-order valence-corrected chi connectivity index (χ0v) is 56.7. The molecule has 0 saturated carbocycles. The second-order valence-electron chi connectivity index (χ2n) is 25.2. The number of aliphatic hydroxyl groups is 1. The van der Waals surface area contributed by atoms with Crippen molar-refractivity contribution in [2.45, 2.75) is 334 Å². The number of unbranched alkanes of at least 4 members (excludes halogenated alkanes) is 38. The molecule has 0 aromatic rings. The first kappa shape index (κ1) is 81.4. The number of rotatable bonds is 65. The number of quaternary nitrogens is 1. The van der Waals surface area contributed by atoms with Gasteiger partial charge in [-0.1, -0.05) is 323 Å². The van der Waals surface area contributed by atoms with Crippen LogP contribution in [0.4, 0.5) is 0 Å². The third-order valence-electron chi connectivity index (χ3n) is 15.8. The van der Waals surface area contributed by atoms with Gasteiger partial charge in [0, 0.05) is 6.42 Å². The highest BCUT2D eigenvalue weighted by molar-refractivity contribution is 7.45. The van der Waals surface area contributed by atoms with Crippen molar-refractivity contribution in [1.82, 2.24) is 5.32 Å². The van der Waals surface area contributed by atoms with Crippen LogP contribution in [0.15, 0.2) is 97.2 Å². The topological polar surface area (TPSA) is 108 Å². The van der Waals surface area contributed by atoms with Crippen LogP contribution in [0.3, 0.4) is 0 Å². The second-order valence-corrected chi connectivity index (χ2v) is 26.6. The molecule has 8 nitrogen and oxygen atoms in total. The fourth-order valence-corrected chi connectivity index (χ4v) is 11.0. The fourth-order valence-electron chi connectivity index (χ4n) is 10.3. The maximum atomic E-state index is 13.0. The van der Waals surface area contributed by atoms with Gasteiger partial charge in [0.05, 0.1) is 39.9 Å². The van der Waals surface area contributed by atoms with Crippen molar-refractivity contribution < 1.29 is 32.9 Å². The molecule has 0 aliphatic carbocycles. The summed E-state index contributed by atoms with van der Waals surface area (Å²) in [5.74, 6) is -0.211. The predicted octanol–water partition coefficient (Wildman–Crippen LogP) is 22.3. The molecule has 3 unspecified atom stereocenters. The zero-order chi connectivity index (χ0) is 61.2. The van der Waals surface area contributed by atoms with Crippen molar-refractivity contribution in [2.24, 2.45) is 0 Å². The lowest BCUT2D eigenvalue weighted by molar-refractivity contribution is -0.870. The molecule has 0 spiro atoms. The highest BCUT2D eigenvalue weighted by atomic mass is 31.2. The molecule has 84 heavy (non-hydrogen) atoms. The number of nitrogens with one attached hydrogen (secondary N) is 1. The summed E-state index contributed by atoms with van der Waals surface area (Å²) in [5, 5.41) is 13.9. The van der Waals surface area contributed by atoms with Crippen LogP contribution in [0.1, 0.15) is 322 Å². The van der Waals surface area contributed by atoms with Crippen LogP contribution >= 0.6 is 7.82 Å². The van der Waals surface area contributed by atoms with Gasteiger partial charge in [0.2, 0.25) is 5.91 Å². The lowest BCUT2D eigenvalue weighted by Gasteiger charge is -2.29. The largest absolute Gasteiger partial charge is 0.756 e. The molecule has 0 saturated heterocycles. The van der Waals surface area contributed by atoms with E-state index < -0.39 is 26.6 Å². The van der Waals surface area contributed by atoms with E-state index in [9.17, 15) is 19.4 Å². The number of allylic oxidation sites excluding steroid dienone is 15. The molecule has 0 aliphatic rings. The van der Waals surface area contributed by atoms with E-state index in [0.717, 1.165) is 77.0 Å². The normalized spacial score (nSPS) is 14.2. The molecular formula is C75H137N2O6P. The maximum absolute atomic E-state index is 13.0. The van der Waals surface area contributed by atoms with Crippen molar-refractivity contribution in [3.05, 3.63) is 97.2 Å². The van der Waals surface area contributed by atoms with Crippen LogP contribution in [0.2, 0.25) is 0 Å². The standard InChI is InChI=1S/C75H137N2O6P/c1-6-8-10-12-14-16-18-20-22-24-26-28-30-32-34-36-38-40-42-44-46-48-50-52-54-56-58-60-62-64-66-68-74(78)73(72-83-84(80,81)82-71-70-77(3,4)5)76-75(79)69-67-65-63-61-59-57-55-53-51-49-47-45-43-41-39-37-35-33-31-29-27-25-23-21-19-17-15-13-11-9-7-2/h9,11,15,17,21,23,27,29,33,35,50,52,58,60,66,68,73-74,78H,6-8,10,12-14,16,18-20,22,24-26,28,30-32,34,36-49,51,53-57,59,61-65,67,69-72H2,1-5H3,(H-,76,79,80,81)/b11-9-,17-15-,23-21-,29-27-,35-33-,52-50+,60-58+,68-66+. The van der Waals surface area contributed by atoms with Crippen LogP contribution in [-0.4, -0.2) is 68.5 Å². The Morgan fingerprint density at radius 1 is 0.429 bits per heavy atom. The van der Waals surface area contributed by atoms with Gasteiger partial charge in [-0.2, -0.15) is 0 Å². The third kappa shape index (κ3) is 66.9. The SMILES string of the molecule is CC/C=C\C/C=C\C/C=C\C/C=C\C/C=C\CCCCCCCCCCCCCCCCCC(=O)NC(COP(=O)([O-])OCC[N+](C)(C)C)C(O)/C=C/CC/C=C/CC/C=C/CCCCCCCCCCCCCCCCCCCCCCC. The summed E-state index contributed by atoms with van der Waals surface area (Å²) < 4.78 is 23.4. The molecule has 1 amide bonds. The predicted molar refractivity (Wildman–Crippen MR) is 366 cm³/mol. The van der Waals surface area contributed by atoms with Gasteiger partial charge in [0.1, 0.15) is 13.2 Å². The van der Waals surface area contributed by atoms with E-state index in [4.69, 9.17) is 9.05 Å². The number of aliphatic hydroxyl groups excluding tert-OH is 1. The van der Waals surface area contributed by atoms with Crippen LogP contribution in [0, 0.1) is 0 Å². The van der Waals surface area contributed by atoms with Gasteiger partial charge in [-0.15, -0.1) is 0 Å². The van der Waals surface area contributed by atoms with Crippen LogP contribution in [0.25, 0.3) is 0 Å². The highest BCUT2D eigenvalue weighted by Gasteiger charge is 2.23. The number of amides is 1. The molecular weight excluding hydrogens is 1060 g/mol. The summed E-state index contributed by atoms with van der Waals surface area (Å²) in [4.78, 5) is 25.6. The third-order valence-corrected chi connectivity index (χ3v) is 16.7. The van der Waals surface area contributed by atoms with Gasteiger partial charge in [0.15, 0.2) is 0 Å². The molecule has 0 heterocycles. The number of nitrogens with zero attached hydrogens (tertiary/aromatic N) is 1. The molecule has 0 fully saturated rings. The van der Waals surface area contributed by atoms with E-state index >= 15 is 0 Å². The number of hydrogen-bond donors (Lipinski definition) is 2. The number of phosphoric acid groups is 1.